The average Bonchev–Trinajstić information content (AvgIpc) is 2.34. The maximum atomic E-state index is 6.08. The highest BCUT2D eigenvalue weighted by atomic mass is 35.5. The highest BCUT2D eigenvalue weighted by Crippen LogP contribution is 2.32. The van der Waals surface area contributed by atoms with Gasteiger partial charge in [-0.15, -0.1) is 0 Å². The topological polar surface area (TPSA) is 37.8 Å². The van der Waals surface area contributed by atoms with Crippen molar-refractivity contribution >= 4 is 40.9 Å². The summed E-state index contributed by atoms with van der Waals surface area (Å²) >= 11 is 13.5. The van der Waals surface area contributed by atoms with Crippen molar-refractivity contribution < 1.29 is 0 Å². The van der Waals surface area contributed by atoms with Crippen LogP contribution in [0.1, 0.15) is 6.92 Å². The average molecular weight is 300 g/mol. The smallest absolute Gasteiger partial charge is 0.223 e. The van der Waals surface area contributed by atoms with Gasteiger partial charge in [0.2, 0.25) is 5.95 Å². The Balaban J connectivity index is 2.25. The van der Waals surface area contributed by atoms with E-state index >= 15 is 0 Å². The molecule has 18 heavy (non-hydrogen) atoms. The van der Waals surface area contributed by atoms with Crippen LogP contribution in [0.2, 0.25) is 10.0 Å². The summed E-state index contributed by atoms with van der Waals surface area (Å²) in [6.45, 7) is 2.75. The lowest BCUT2D eigenvalue weighted by Crippen LogP contribution is -2.02. The molecule has 1 heterocycles. The van der Waals surface area contributed by atoms with E-state index in [-0.39, 0.29) is 0 Å². The molecule has 1 aromatic heterocycles. The van der Waals surface area contributed by atoms with Gasteiger partial charge in [-0.3, -0.25) is 0 Å². The van der Waals surface area contributed by atoms with E-state index in [1.54, 1.807) is 6.20 Å². The lowest BCUT2D eigenvalue weighted by atomic mass is 10.4. The molecule has 0 unspecified atom stereocenters. The van der Waals surface area contributed by atoms with Crippen LogP contribution in [0.25, 0.3) is 0 Å². The summed E-state index contributed by atoms with van der Waals surface area (Å²) in [4.78, 5) is 9.44. The summed E-state index contributed by atoms with van der Waals surface area (Å²) in [5.41, 5.74) is 0. The van der Waals surface area contributed by atoms with Gasteiger partial charge in [0.25, 0.3) is 0 Å². The molecular weight excluding hydrogens is 289 g/mol. The Bertz CT molecular complexity index is 549. The predicted molar refractivity (Wildman–Crippen MR) is 76.8 cm³/mol. The first-order chi connectivity index (χ1) is 8.69. The van der Waals surface area contributed by atoms with Gasteiger partial charge in [0.15, 0.2) is 0 Å². The van der Waals surface area contributed by atoms with Crippen molar-refractivity contribution in [3.05, 3.63) is 40.5 Å². The predicted octanol–water partition coefficient (Wildman–Crippen LogP) is 4.37. The van der Waals surface area contributed by atoms with Crippen molar-refractivity contribution in [1.29, 1.82) is 0 Å². The van der Waals surface area contributed by atoms with Gasteiger partial charge in [-0.25, -0.2) is 9.97 Å². The van der Waals surface area contributed by atoms with Gasteiger partial charge in [0.1, 0.15) is 5.03 Å². The van der Waals surface area contributed by atoms with Gasteiger partial charge < -0.3 is 5.32 Å². The normalized spacial score (nSPS) is 10.4. The van der Waals surface area contributed by atoms with Crippen LogP contribution in [0.15, 0.2) is 40.4 Å². The van der Waals surface area contributed by atoms with Crippen molar-refractivity contribution in [1.82, 2.24) is 9.97 Å². The second-order valence-electron chi connectivity index (χ2n) is 3.44. The van der Waals surface area contributed by atoms with Crippen molar-refractivity contribution in [2.45, 2.75) is 16.8 Å². The van der Waals surface area contributed by atoms with E-state index in [0.29, 0.717) is 21.0 Å². The first-order valence-electron chi connectivity index (χ1n) is 5.39. The fourth-order valence-corrected chi connectivity index (χ4v) is 2.61. The van der Waals surface area contributed by atoms with E-state index in [0.717, 1.165) is 11.4 Å². The van der Waals surface area contributed by atoms with Crippen molar-refractivity contribution in [3.63, 3.8) is 0 Å². The molecule has 0 saturated carbocycles. The molecule has 0 amide bonds. The molecule has 0 aliphatic carbocycles. The van der Waals surface area contributed by atoms with Gasteiger partial charge >= 0.3 is 0 Å². The molecule has 94 valence electrons. The van der Waals surface area contributed by atoms with E-state index in [9.17, 15) is 0 Å². The number of nitrogens with one attached hydrogen (secondary N) is 1. The van der Waals surface area contributed by atoms with E-state index < -0.39 is 0 Å². The molecule has 0 bridgehead atoms. The van der Waals surface area contributed by atoms with Gasteiger partial charge in [-0.05, 0) is 25.1 Å². The number of anilines is 1. The molecule has 2 rings (SSSR count). The van der Waals surface area contributed by atoms with Gasteiger partial charge in [-0.1, -0.05) is 41.0 Å². The first-order valence-corrected chi connectivity index (χ1v) is 6.96. The molecular formula is C12H11Cl2N3S. The van der Waals surface area contributed by atoms with Crippen LogP contribution in [-0.2, 0) is 0 Å². The minimum atomic E-state index is 0.529. The molecule has 0 saturated heterocycles. The zero-order chi connectivity index (χ0) is 13.0. The Labute approximate surface area is 120 Å². The number of hydrogen-bond acceptors (Lipinski definition) is 4. The van der Waals surface area contributed by atoms with Crippen molar-refractivity contribution in [2.24, 2.45) is 0 Å². The largest absolute Gasteiger partial charge is 0.354 e. The first kappa shape index (κ1) is 13.5. The molecule has 2 aromatic rings. The lowest BCUT2D eigenvalue weighted by Gasteiger charge is -2.06. The summed E-state index contributed by atoms with van der Waals surface area (Å²) in [5.74, 6) is 0.575. The third-order valence-corrected chi connectivity index (χ3v) is 3.68. The Hall–Kier alpha value is -0.970. The third-order valence-electron chi connectivity index (χ3n) is 2.06. The fourth-order valence-electron chi connectivity index (χ4n) is 1.31. The molecule has 1 aromatic carbocycles. The number of benzene rings is 1. The molecule has 0 aliphatic rings. The molecule has 3 nitrogen and oxygen atoms in total. The van der Waals surface area contributed by atoms with E-state index in [2.05, 4.69) is 15.3 Å². The minimum Gasteiger partial charge on any atom is -0.354 e. The lowest BCUT2D eigenvalue weighted by molar-refractivity contribution is 1.01. The molecule has 0 radical (unpaired) electrons. The van der Waals surface area contributed by atoms with Gasteiger partial charge in [-0.2, -0.15) is 0 Å². The zero-order valence-corrected chi connectivity index (χ0v) is 12.0. The molecule has 0 spiro atoms. The summed E-state index contributed by atoms with van der Waals surface area (Å²) in [7, 11) is 0. The van der Waals surface area contributed by atoms with E-state index in [4.69, 9.17) is 23.2 Å². The summed E-state index contributed by atoms with van der Waals surface area (Å²) in [5, 5.41) is 4.99. The van der Waals surface area contributed by atoms with Crippen LogP contribution in [0.3, 0.4) is 0 Å². The quantitative estimate of drug-likeness (QED) is 0.851. The van der Waals surface area contributed by atoms with Crippen LogP contribution in [0, 0.1) is 0 Å². The van der Waals surface area contributed by atoms with E-state index in [1.165, 1.54) is 11.8 Å². The molecule has 6 heteroatoms. The van der Waals surface area contributed by atoms with Crippen LogP contribution >= 0.6 is 35.0 Å². The van der Waals surface area contributed by atoms with Crippen molar-refractivity contribution in [3.8, 4) is 0 Å². The molecule has 0 fully saturated rings. The molecule has 1 N–H and O–H groups in total. The maximum absolute atomic E-state index is 6.08. The Morgan fingerprint density at radius 1 is 1.33 bits per heavy atom. The Morgan fingerprint density at radius 3 is 2.89 bits per heavy atom. The number of aromatic nitrogens is 2. The van der Waals surface area contributed by atoms with Crippen LogP contribution in [0.5, 0.6) is 0 Å². The number of rotatable bonds is 4. The molecule has 0 aliphatic heterocycles. The minimum absolute atomic E-state index is 0.529. The van der Waals surface area contributed by atoms with Crippen LogP contribution < -0.4 is 5.32 Å². The van der Waals surface area contributed by atoms with Gasteiger partial charge in [0.05, 0.1) is 11.2 Å². The summed E-state index contributed by atoms with van der Waals surface area (Å²) in [6.07, 6.45) is 1.60. The number of halogens is 2. The second-order valence-corrected chi connectivity index (χ2v) is 5.34. The highest BCUT2D eigenvalue weighted by molar-refractivity contribution is 7.99. The standard InChI is InChI=1S/C12H11Cl2N3S/c1-2-15-12-16-7-10(14)11(17-12)18-9-5-3-4-8(13)6-9/h3-7H,2H2,1H3,(H,15,16,17). The number of hydrogen-bond donors (Lipinski definition) is 1. The SMILES string of the molecule is CCNc1ncc(Cl)c(Sc2cccc(Cl)c2)n1. The highest BCUT2D eigenvalue weighted by Gasteiger charge is 2.07. The zero-order valence-electron chi connectivity index (χ0n) is 9.65. The van der Waals surface area contributed by atoms with E-state index in [1.807, 2.05) is 31.2 Å². The second kappa shape index (κ2) is 6.27. The molecule has 0 atom stereocenters. The van der Waals surface area contributed by atoms with Crippen LogP contribution in [0.4, 0.5) is 5.95 Å². The third kappa shape index (κ3) is 3.51. The summed E-state index contributed by atoms with van der Waals surface area (Å²) < 4.78 is 0. The Kier molecular flexibility index (Phi) is 4.69. The van der Waals surface area contributed by atoms with Gasteiger partial charge in [0, 0.05) is 16.5 Å². The monoisotopic (exact) mass is 299 g/mol. The van der Waals surface area contributed by atoms with Crippen molar-refractivity contribution in [2.75, 3.05) is 11.9 Å². The maximum Gasteiger partial charge on any atom is 0.223 e. The summed E-state index contributed by atoms with van der Waals surface area (Å²) in [6, 6.07) is 7.56. The number of nitrogens with zero attached hydrogens (tertiary/aromatic N) is 2. The Morgan fingerprint density at radius 2 is 2.17 bits per heavy atom. The fraction of sp³-hybridized carbons (Fsp3) is 0.167. The van der Waals surface area contributed by atoms with Crippen LogP contribution in [-0.4, -0.2) is 16.5 Å².